The highest BCUT2D eigenvalue weighted by molar-refractivity contribution is 6.00. The van der Waals surface area contributed by atoms with Crippen molar-refractivity contribution < 1.29 is 24.0 Å². The first-order chi connectivity index (χ1) is 13.9. The monoisotopic (exact) mass is 398 g/mol. The Morgan fingerprint density at radius 3 is 2.55 bits per heavy atom. The Kier molecular flexibility index (Phi) is 6.23. The average Bonchev–Trinajstić information content (AvgIpc) is 2.73. The average molecular weight is 398 g/mol. The van der Waals surface area contributed by atoms with Crippen molar-refractivity contribution in [1.29, 1.82) is 0 Å². The SMILES string of the molecule is Cc1ccc(C)c(C(=O)COC(=O)c2ccc(N3CCOCC3)c([N+](=O)[O-])c2)c1. The van der Waals surface area contributed by atoms with Gasteiger partial charge in [0, 0.05) is 24.7 Å². The number of hydrogen-bond donors (Lipinski definition) is 0. The lowest BCUT2D eigenvalue weighted by atomic mass is 10.0. The zero-order valence-electron chi connectivity index (χ0n) is 16.3. The fourth-order valence-electron chi connectivity index (χ4n) is 3.20. The molecule has 0 saturated carbocycles. The van der Waals surface area contributed by atoms with Crippen LogP contribution in [0, 0.1) is 24.0 Å². The number of benzene rings is 2. The Labute approximate surface area is 168 Å². The maximum atomic E-state index is 12.4. The van der Waals surface area contributed by atoms with E-state index in [0.717, 1.165) is 11.1 Å². The van der Waals surface area contributed by atoms with Crippen molar-refractivity contribution in [3.05, 3.63) is 68.8 Å². The van der Waals surface area contributed by atoms with Crippen LogP contribution in [0.15, 0.2) is 36.4 Å². The summed E-state index contributed by atoms with van der Waals surface area (Å²) in [6, 6.07) is 9.67. The van der Waals surface area contributed by atoms with Crippen LogP contribution in [0.25, 0.3) is 0 Å². The molecule has 8 heteroatoms. The Balaban J connectivity index is 1.73. The Hall–Kier alpha value is -3.26. The van der Waals surface area contributed by atoms with Gasteiger partial charge in [-0.2, -0.15) is 0 Å². The molecule has 3 rings (SSSR count). The number of esters is 1. The van der Waals surface area contributed by atoms with Crippen molar-refractivity contribution in [1.82, 2.24) is 0 Å². The van der Waals surface area contributed by atoms with Crippen LogP contribution in [0.4, 0.5) is 11.4 Å². The largest absolute Gasteiger partial charge is 0.454 e. The highest BCUT2D eigenvalue weighted by atomic mass is 16.6. The van der Waals surface area contributed by atoms with Gasteiger partial charge in [-0.1, -0.05) is 17.7 Å². The summed E-state index contributed by atoms with van der Waals surface area (Å²) in [6.07, 6.45) is 0. The van der Waals surface area contributed by atoms with E-state index in [1.54, 1.807) is 6.07 Å². The summed E-state index contributed by atoms with van der Waals surface area (Å²) in [4.78, 5) is 37.6. The minimum absolute atomic E-state index is 0.0301. The Morgan fingerprint density at radius 2 is 1.86 bits per heavy atom. The number of ether oxygens (including phenoxy) is 2. The maximum Gasteiger partial charge on any atom is 0.338 e. The van der Waals surface area contributed by atoms with Crippen LogP contribution in [0.1, 0.15) is 31.8 Å². The van der Waals surface area contributed by atoms with Crippen molar-refractivity contribution >= 4 is 23.1 Å². The van der Waals surface area contributed by atoms with Crippen molar-refractivity contribution in [2.24, 2.45) is 0 Å². The number of morpholine rings is 1. The minimum Gasteiger partial charge on any atom is -0.454 e. The van der Waals surface area contributed by atoms with Crippen LogP contribution < -0.4 is 4.90 Å². The molecule has 0 aromatic heterocycles. The molecule has 8 nitrogen and oxygen atoms in total. The first-order valence-corrected chi connectivity index (χ1v) is 9.25. The van der Waals surface area contributed by atoms with Crippen LogP contribution in [-0.2, 0) is 9.47 Å². The van der Waals surface area contributed by atoms with E-state index in [2.05, 4.69) is 0 Å². The number of aryl methyl sites for hydroxylation is 2. The molecular weight excluding hydrogens is 376 g/mol. The summed E-state index contributed by atoms with van der Waals surface area (Å²) in [6.45, 7) is 5.30. The molecule has 2 aromatic rings. The van der Waals surface area contributed by atoms with Crippen LogP contribution in [0.3, 0.4) is 0 Å². The van der Waals surface area contributed by atoms with Gasteiger partial charge in [0.15, 0.2) is 6.61 Å². The second-order valence-electron chi connectivity index (χ2n) is 6.88. The van der Waals surface area contributed by atoms with Gasteiger partial charge in [-0.15, -0.1) is 0 Å². The highest BCUT2D eigenvalue weighted by Gasteiger charge is 2.24. The second kappa shape index (κ2) is 8.83. The molecule has 0 atom stereocenters. The van der Waals surface area contributed by atoms with Gasteiger partial charge in [0.05, 0.1) is 23.7 Å². The number of Topliss-reactive ketones (excluding diaryl/α,β-unsaturated/α-hetero) is 1. The lowest BCUT2D eigenvalue weighted by Crippen LogP contribution is -2.36. The third kappa shape index (κ3) is 4.78. The quantitative estimate of drug-likeness (QED) is 0.319. The molecule has 0 amide bonds. The molecule has 0 N–H and O–H groups in total. The van der Waals surface area contributed by atoms with Gasteiger partial charge in [-0.3, -0.25) is 14.9 Å². The van der Waals surface area contributed by atoms with Crippen LogP contribution in [0.2, 0.25) is 0 Å². The zero-order chi connectivity index (χ0) is 21.0. The molecule has 1 fully saturated rings. The fraction of sp³-hybridized carbons (Fsp3) is 0.333. The molecule has 2 aromatic carbocycles. The van der Waals surface area contributed by atoms with E-state index in [1.807, 2.05) is 30.9 Å². The van der Waals surface area contributed by atoms with Gasteiger partial charge in [0.25, 0.3) is 5.69 Å². The normalized spacial score (nSPS) is 13.8. The molecule has 1 aliphatic heterocycles. The van der Waals surface area contributed by atoms with E-state index in [9.17, 15) is 19.7 Å². The number of nitro groups is 1. The summed E-state index contributed by atoms with van der Waals surface area (Å²) < 4.78 is 10.4. The van der Waals surface area contributed by atoms with Gasteiger partial charge < -0.3 is 14.4 Å². The van der Waals surface area contributed by atoms with E-state index in [0.29, 0.717) is 37.6 Å². The molecule has 1 saturated heterocycles. The topological polar surface area (TPSA) is 99.0 Å². The molecule has 1 aliphatic rings. The standard InChI is InChI=1S/C21H22N2O6/c1-14-3-4-15(2)17(11-14)20(24)13-29-21(25)16-5-6-18(19(12-16)23(26)27)22-7-9-28-10-8-22/h3-6,11-12H,7-10,13H2,1-2H3. The number of ketones is 1. The molecule has 29 heavy (non-hydrogen) atoms. The summed E-state index contributed by atoms with van der Waals surface area (Å²) in [7, 11) is 0. The van der Waals surface area contributed by atoms with Gasteiger partial charge in [-0.25, -0.2) is 4.79 Å². The molecule has 0 unspecified atom stereocenters. The number of carbonyl (C=O) groups excluding carboxylic acids is 2. The Bertz CT molecular complexity index is 950. The number of nitro benzene ring substituents is 1. The van der Waals surface area contributed by atoms with Gasteiger partial charge in [-0.05, 0) is 37.6 Å². The van der Waals surface area contributed by atoms with Crippen molar-refractivity contribution in [3.8, 4) is 0 Å². The molecular formula is C21H22N2O6. The summed E-state index contributed by atoms with van der Waals surface area (Å²) in [5, 5.41) is 11.5. The van der Waals surface area contributed by atoms with Crippen LogP contribution in [-0.4, -0.2) is 49.6 Å². The number of anilines is 1. The summed E-state index contributed by atoms with van der Waals surface area (Å²) in [5.41, 5.74) is 2.50. The third-order valence-corrected chi connectivity index (χ3v) is 4.79. The van der Waals surface area contributed by atoms with E-state index in [1.165, 1.54) is 18.2 Å². The van der Waals surface area contributed by atoms with E-state index in [-0.39, 0.29) is 17.0 Å². The highest BCUT2D eigenvalue weighted by Crippen LogP contribution is 2.30. The van der Waals surface area contributed by atoms with Crippen molar-refractivity contribution in [2.45, 2.75) is 13.8 Å². The predicted octanol–water partition coefficient (Wildman–Crippen LogP) is 3.09. The molecule has 152 valence electrons. The lowest BCUT2D eigenvalue weighted by molar-refractivity contribution is -0.384. The molecule has 0 radical (unpaired) electrons. The van der Waals surface area contributed by atoms with E-state index < -0.39 is 17.5 Å². The maximum absolute atomic E-state index is 12.4. The zero-order valence-corrected chi connectivity index (χ0v) is 16.3. The lowest BCUT2D eigenvalue weighted by Gasteiger charge is -2.28. The smallest absolute Gasteiger partial charge is 0.338 e. The Morgan fingerprint density at radius 1 is 1.14 bits per heavy atom. The van der Waals surface area contributed by atoms with Gasteiger partial charge in [0.1, 0.15) is 5.69 Å². The number of carbonyl (C=O) groups is 2. The number of nitrogens with zero attached hydrogens (tertiary/aromatic N) is 2. The summed E-state index contributed by atoms with van der Waals surface area (Å²) in [5.74, 6) is -1.10. The molecule has 0 aliphatic carbocycles. The van der Waals surface area contributed by atoms with E-state index >= 15 is 0 Å². The van der Waals surface area contributed by atoms with Crippen molar-refractivity contribution in [2.75, 3.05) is 37.8 Å². The van der Waals surface area contributed by atoms with Crippen LogP contribution in [0.5, 0.6) is 0 Å². The minimum atomic E-state index is -0.778. The molecule has 0 spiro atoms. The first kappa shape index (κ1) is 20.5. The predicted molar refractivity (Wildman–Crippen MR) is 107 cm³/mol. The first-order valence-electron chi connectivity index (χ1n) is 9.25. The van der Waals surface area contributed by atoms with Gasteiger partial charge in [0.2, 0.25) is 5.78 Å². The second-order valence-corrected chi connectivity index (χ2v) is 6.88. The van der Waals surface area contributed by atoms with Crippen LogP contribution >= 0.6 is 0 Å². The summed E-state index contributed by atoms with van der Waals surface area (Å²) >= 11 is 0. The van der Waals surface area contributed by atoms with Gasteiger partial charge >= 0.3 is 5.97 Å². The fourth-order valence-corrected chi connectivity index (χ4v) is 3.20. The molecule has 1 heterocycles. The van der Waals surface area contributed by atoms with E-state index in [4.69, 9.17) is 9.47 Å². The number of hydrogen-bond acceptors (Lipinski definition) is 7. The third-order valence-electron chi connectivity index (χ3n) is 4.79. The van der Waals surface area contributed by atoms with Crippen molar-refractivity contribution in [3.63, 3.8) is 0 Å². The number of rotatable bonds is 6. The molecule has 0 bridgehead atoms.